The van der Waals surface area contributed by atoms with Crippen LogP contribution in [0.3, 0.4) is 0 Å². The van der Waals surface area contributed by atoms with Gasteiger partial charge < -0.3 is 0 Å². The Labute approximate surface area is 110 Å². The number of hydrogen-bond donors (Lipinski definition) is 0. The molecule has 2 aromatic carbocycles. The third-order valence-corrected chi connectivity index (χ3v) is 2.29. The molecule has 0 heterocycles. The van der Waals surface area contributed by atoms with Crippen LogP contribution in [0.25, 0.3) is 10.8 Å². The van der Waals surface area contributed by atoms with Gasteiger partial charge in [0.1, 0.15) is 0 Å². The van der Waals surface area contributed by atoms with E-state index in [9.17, 15) is 0 Å². The quantitative estimate of drug-likeness (QED) is 0.692. The molecule has 3 heteroatoms. The molecule has 0 aliphatic heterocycles. The molecule has 2 aromatic rings. The van der Waals surface area contributed by atoms with Gasteiger partial charge in [-0.25, -0.2) is 0 Å². The molecule has 0 unspecified atom stereocenters. The molecule has 2 rings (SSSR count). The van der Waals surface area contributed by atoms with E-state index in [1.807, 2.05) is 0 Å². The van der Waals surface area contributed by atoms with Crippen molar-refractivity contribution in [2.75, 3.05) is 0 Å². The minimum atomic E-state index is -0.826. The van der Waals surface area contributed by atoms with E-state index in [4.69, 9.17) is 17.0 Å². The van der Waals surface area contributed by atoms with E-state index in [-0.39, 0.29) is 0 Å². The van der Waals surface area contributed by atoms with Crippen LogP contribution in [0.5, 0.6) is 0 Å². The minimum absolute atomic E-state index is 0.826. The van der Waals surface area contributed by atoms with E-state index in [2.05, 4.69) is 43.3 Å². The van der Waals surface area contributed by atoms with Crippen LogP contribution in [0.4, 0.5) is 0 Å². The molecule has 0 radical (unpaired) electrons. The number of rotatable bonds is 2. The fourth-order valence-electron chi connectivity index (χ4n) is 1.70. The van der Waals surface area contributed by atoms with Crippen molar-refractivity contribution in [1.29, 1.82) is 0 Å². The number of aryl methyl sites for hydroxylation is 1. The van der Waals surface area contributed by atoms with Crippen LogP contribution in [-0.4, -0.2) is 0 Å². The third-order valence-electron chi connectivity index (χ3n) is 2.29. The summed E-state index contributed by atoms with van der Waals surface area (Å²) in [5.41, 5.74) is 1.49. The van der Waals surface area contributed by atoms with Crippen LogP contribution in [0.15, 0.2) is 36.4 Å². The average molecular weight is 319 g/mol. The molecule has 0 bridgehead atoms. The van der Waals surface area contributed by atoms with E-state index in [0.29, 0.717) is 0 Å². The van der Waals surface area contributed by atoms with E-state index >= 15 is 0 Å². The molecule has 0 atom stereocenters. The molecule has 0 amide bonds. The monoisotopic (exact) mass is 317 g/mol. The second-order valence-corrected chi connectivity index (χ2v) is 7.00. The van der Waals surface area contributed by atoms with Gasteiger partial charge in [0.15, 0.2) is 0 Å². The second kappa shape index (κ2) is 7.55. The van der Waals surface area contributed by atoms with Crippen molar-refractivity contribution in [2.45, 2.75) is 19.8 Å². The summed E-state index contributed by atoms with van der Waals surface area (Å²) in [6, 6.07) is 13.0. The predicted octanol–water partition coefficient (Wildman–Crippen LogP) is 4.89. The number of hydrogen-bond acceptors (Lipinski definition) is 0. The van der Waals surface area contributed by atoms with E-state index in [0.717, 1.165) is 0 Å². The molecule has 15 heavy (non-hydrogen) atoms. The third kappa shape index (κ3) is 3.98. The molecule has 0 aromatic heterocycles. The van der Waals surface area contributed by atoms with Crippen molar-refractivity contribution < 1.29 is 20.8 Å². The molecule has 0 aliphatic rings. The van der Waals surface area contributed by atoms with Crippen molar-refractivity contribution in [3.8, 4) is 0 Å². The summed E-state index contributed by atoms with van der Waals surface area (Å²) < 4.78 is 0. The van der Waals surface area contributed by atoms with Crippen molar-refractivity contribution in [1.82, 2.24) is 0 Å². The number of fused-ring (bicyclic) bond motifs is 1. The molecule has 0 fully saturated rings. The van der Waals surface area contributed by atoms with Gasteiger partial charge in [0.25, 0.3) is 0 Å². The maximum absolute atomic E-state index is 4.93. The summed E-state index contributed by atoms with van der Waals surface area (Å²) in [5.74, 6) is 0. The Morgan fingerprint density at radius 3 is 2.53 bits per heavy atom. The van der Waals surface area contributed by atoms with Gasteiger partial charge in [-0.05, 0) is 0 Å². The summed E-state index contributed by atoms with van der Waals surface area (Å²) in [6.07, 6.45) is 2.43. The van der Waals surface area contributed by atoms with Gasteiger partial charge in [0, 0.05) is 0 Å². The molecule has 80 valence electrons. The molecule has 0 N–H and O–H groups in total. The fraction of sp³-hybridized carbons (Fsp3) is 0.250. The SMILES string of the molecule is CCC[c-]1ccc2ccccc21.[Cl][Zr][Cl]. The Morgan fingerprint density at radius 2 is 1.87 bits per heavy atom. The van der Waals surface area contributed by atoms with Gasteiger partial charge in [-0.15, -0.1) is 40.6 Å². The first-order valence-electron chi connectivity index (χ1n) is 4.93. The van der Waals surface area contributed by atoms with Gasteiger partial charge in [-0.3, -0.25) is 0 Å². The van der Waals surface area contributed by atoms with Gasteiger partial charge >= 0.3 is 37.9 Å². The molecule has 0 aliphatic carbocycles. The first-order chi connectivity index (χ1) is 7.33. The average Bonchev–Trinajstić information content (AvgIpc) is 2.64. The Hall–Kier alpha value is 0.293. The zero-order valence-corrected chi connectivity index (χ0v) is 12.6. The summed E-state index contributed by atoms with van der Waals surface area (Å²) in [7, 11) is 9.87. The van der Waals surface area contributed by atoms with Gasteiger partial charge in [-0.1, -0.05) is 25.8 Å². The molecule has 0 nitrogen and oxygen atoms in total. The Kier molecular flexibility index (Phi) is 6.72. The standard InChI is InChI=1S/C12H13.2ClH.Zr/c1-2-5-10-8-9-11-6-3-4-7-12(10)11;;;/h3-4,6-9H,2,5H2,1H3;2*1H;/q-1;;;+2/p-2. The molecule has 0 saturated heterocycles. The van der Waals surface area contributed by atoms with Crippen LogP contribution < -0.4 is 0 Å². The fourth-order valence-corrected chi connectivity index (χ4v) is 1.70. The molecular formula is C12H13Cl2Zr-. The Morgan fingerprint density at radius 1 is 1.20 bits per heavy atom. The van der Waals surface area contributed by atoms with Gasteiger partial charge in [-0.2, -0.15) is 6.07 Å². The summed E-state index contributed by atoms with van der Waals surface area (Å²) in [4.78, 5) is 0. The van der Waals surface area contributed by atoms with Gasteiger partial charge in [0.05, 0.1) is 0 Å². The summed E-state index contributed by atoms with van der Waals surface area (Å²) in [5, 5.41) is 2.81. The predicted molar refractivity (Wildman–Crippen MR) is 65.2 cm³/mol. The van der Waals surface area contributed by atoms with E-state index < -0.39 is 20.8 Å². The molecule has 0 spiro atoms. The molecular weight excluding hydrogens is 306 g/mol. The van der Waals surface area contributed by atoms with Crippen molar-refractivity contribution in [3.63, 3.8) is 0 Å². The van der Waals surface area contributed by atoms with Crippen molar-refractivity contribution in [3.05, 3.63) is 42.0 Å². The second-order valence-electron chi connectivity index (χ2n) is 3.27. The molecule has 0 saturated carbocycles. The zero-order valence-electron chi connectivity index (χ0n) is 8.63. The number of halogens is 2. The first kappa shape index (κ1) is 13.4. The maximum atomic E-state index is 4.93. The first-order valence-corrected chi connectivity index (χ1v) is 11.3. The number of benzene rings is 1. The normalized spacial score (nSPS) is 9.53. The van der Waals surface area contributed by atoms with Gasteiger partial charge in [0.2, 0.25) is 0 Å². The van der Waals surface area contributed by atoms with E-state index in [1.165, 1.54) is 29.2 Å². The van der Waals surface area contributed by atoms with Crippen LogP contribution in [0.2, 0.25) is 0 Å². The van der Waals surface area contributed by atoms with Crippen LogP contribution in [0.1, 0.15) is 18.9 Å². The Bertz CT molecular complexity index is 395. The van der Waals surface area contributed by atoms with Crippen molar-refractivity contribution in [2.24, 2.45) is 0 Å². The van der Waals surface area contributed by atoms with Crippen LogP contribution >= 0.6 is 17.0 Å². The van der Waals surface area contributed by atoms with E-state index in [1.54, 1.807) is 0 Å². The zero-order chi connectivity index (χ0) is 11.1. The summed E-state index contributed by atoms with van der Waals surface area (Å²) >= 11 is -0.826. The summed E-state index contributed by atoms with van der Waals surface area (Å²) in [6.45, 7) is 2.22. The van der Waals surface area contributed by atoms with Crippen LogP contribution in [-0.2, 0) is 27.3 Å². The van der Waals surface area contributed by atoms with Crippen molar-refractivity contribution >= 4 is 27.8 Å². The topological polar surface area (TPSA) is 0 Å². The van der Waals surface area contributed by atoms with Crippen LogP contribution in [0, 0.1) is 0 Å². The Balaban J connectivity index is 0.000000337.